The molecule has 1 fully saturated rings. The molecule has 1 aliphatic rings. The average molecular weight is 345 g/mol. The summed E-state index contributed by atoms with van der Waals surface area (Å²) in [5.74, 6) is 1.16. The van der Waals surface area contributed by atoms with Crippen LogP contribution < -0.4 is 0 Å². The molecule has 1 aromatic carbocycles. The third-order valence-corrected chi connectivity index (χ3v) is 4.62. The molecule has 24 heavy (non-hydrogen) atoms. The quantitative estimate of drug-likeness (QED) is 0.832. The molecule has 1 N–H and O–H groups in total. The van der Waals surface area contributed by atoms with Crippen LogP contribution in [0.5, 0.6) is 0 Å². The van der Waals surface area contributed by atoms with Gasteiger partial charge in [0.25, 0.3) is 10.7 Å². The minimum Gasteiger partial charge on any atom is -0.409 e. The summed E-state index contributed by atoms with van der Waals surface area (Å²) in [5, 5.41) is 6.61. The summed E-state index contributed by atoms with van der Waals surface area (Å²) in [6.45, 7) is 5.28. The maximum absolute atomic E-state index is 12.9. The summed E-state index contributed by atoms with van der Waals surface area (Å²) in [4.78, 5) is 15.2. The number of nitrogens with one attached hydrogen (secondary N) is 1. The number of amides is 1. The standard InChI is InChI=1S/C18H23N3O2S/c1-12(2)11-15-5-3-4-10-21(15)17(22)14-8-6-13(7-9-14)16-19-20-18(24)23-16/h6-9,12,15H,3-5,10-11H2,1-2H3,(H,20,24)/t15-/m0/s1. The first kappa shape index (κ1) is 16.9. The van der Waals surface area contributed by atoms with Crippen molar-refractivity contribution in [2.45, 2.75) is 45.6 Å². The van der Waals surface area contributed by atoms with Crippen molar-refractivity contribution in [1.29, 1.82) is 0 Å². The molecule has 0 spiro atoms. The first-order valence-electron chi connectivity index (χ1n) is 8.51. The number of piperidine rings is 1. The number of rotatable bonds is 4. The summed E-state index contributed by atoms with van der Waals surface area (Å²) in [6, 6.07) is 7.74. The van der Waals surface area contributed by atoms with E-state index in [9.17, 15) is 4.79 Å². The number of likely N-dealkylation sites (tertiary alicyclic amines) is 1. The zero-order valence-electron chi connectivity index (χ0n) is 14.1. The predicted octanol–water partition coefficient (Wildman–Crippen LogP) is 4.44. The van der Waals surface area contributed by atoms with E-state index in [-0.39, 0.29) is 10.7 Å². The third kappa shape index (κ3) is 3.75. The van der Waals surface area contributed by atoms with Crippen LogP contribution in [0.2, 0.25) is 0 Å². The lowest BCUT2D eigenvalue weighted by molar-refractivity contribution is 0.0584. The van der Waals surface area contributed by atoms with E-state index in [1.54, 1.807) is 0 Å². The lowest BCUT2D eigenvalue weighted by atomic mass is 9.93. The van der Waals surface area contributed by atoms with E-state index in [2.05, 4.69) is 28.9 Å². The van der Waals surface area contributed by atoms with Crippen molar-refractivity contribution in [3.05, 3.63) is 34.7 Å². The van der Waals surface area contributed by atoms with Crippen LogP contribution in [0.3, 0.4) is 0 Å². The van der Waals surface area contributed by atoms with Gasteiger partial charge in [0.15, 0.2) is 0 Å². The highest BCUT2D eigenvalue weighted by Gasteiger charge is 2.27. The zero-order valence-corrected chi connectivity index (χ0v) is 14.9. The number of carbonyl (C=O) groups excluding carboxylic acids is 1. The van der Waals surface area contributed by atoms with Gasteiger partial charge in [0.2, 0.25) is 5.89 Å². The summed E-state index contributed by atoms with van der Waals surface area (Å²) in [5.41, 5.74) is 1.51. The Morgan fingerprint density at radius 1 is 1.38 bits per heavy atom. The largest absolute Gasteiger partial charge is 0.409 e. The normalized spacial score (nSPS) is 18.1. The maximum Gasteiger partial charge on any atom is 0.284 e. The third-order valence-electron chi connectivity index (χ3n) is 4.45. The molecule has 1 amide bonds. The molecule has 1 saturated heterocycles. The van der Waals surface area contributed by atoms with Crippen LogP contribution in [0, 0.1) is 10.8 Å². The van der Waals surface area contributed by atoms with E-state index in [1.807, 2.05) is 24.3 Å². The van der Waals surface area contributed by atoms with E-state index in [1.165, 1.54) is 6.42 Å². The fourth-order valence-corrected chi connectivity index (χ4v) is 3.46. The average Bonchev–Trinajstić information content (AvgIpc) is 3.01. The van der Waals surface area contributed by atoms with Gasteiger partial charge in [-0.15, -0.1) is 5.10 Å². The second-order valence-corrected chi connectivity index (χ2v) is 7.14. The predicted molar refractivity (Wildman–Crippen MR) is 95.3 cm³/mol. The Hall–Kier alpha value is -1.95. The molecular weight excluding hydrogens is 322 g/mol. The van der Waals surface area contributed by atoms with Gasteiger partial charge >= 0.3 is 0 Å². The van der Waals surface area contributed by atoms with E-state index in [0.29, 0.717) is 23.4 Å². The number of hydrogen-bond donors (Lipinski definition) is 1. The lowest BCUT2D eigenvalue weighted by Crippen LogP contribution is -2.44. The zero-order chi connectivity index (χ0) is 17.1. The van der Waals surface area contributed by atoms with Crippen molar-refractivity contribution in [2.24, 2.45) is 5.92 Å². The van der Waals surface area contributed by atoms with Crippen LogP contribution >= 0.6 is 12.2 Å². The van der Waals surface area contributed by atoms with Gasteiger partial charge in [-0.05, 0) is 68.1 Å². The fraction of sp³-hybridized carbons (Fsp3) is 0.500. The minimum absolute atomic E-state index is 0.120. The van der Waals surface area contributed by atoms with E-state index in [4.69, 9.17) is 16.6 Å². The molecule has 0 radical (unpaired) electrons. The van der Waals surface area contributed by atoms with Crippen molar-refractivity contribution in [1.82, 2.24) is 15.1 Å². The number of carbonyl (C=O) groups is 1. The van der Waals surface area contributed by atoms with E-state index < -0.39 is 0 Å². The first-order valence-corrected chi connectivity index (χ1v) is 8.92. The first-order chi connectivity index (χ1) is 11.5. The van der Waals surface area contributed by atoms with Crippen LogP contribution in [0.25, 0.3) is 11.5 Å². The van der Waals surface area contributed by atoms with Gasteiger partial charge in [0.1, 0.15) is 0 Å². The van der Waals surface area contributed by atoms with Gasteiger partial charge in [0, 0.05) is 23.7 Å². The van der Waals surface area contributed by atoms with Crippen molar-refractivity contribution in [3.63, 3.8) is 0 Å². The Kier molecular flexibility index (Phi) is 5.14. The number of aromatic amines is 1. The van der Waals surface area contributed by atoms with Crippen LogP contribution in [-0.2, 0) is 0 Å². The Labute approximate surface area is 147 Å². The van der Waals surface area contributed by atoms with Crippen LogP contribution in [0.15, 0.2) is 28.7 Å². The van der Waals surface area contributed by atoms with Gasteiger partial charge in [-0.2, -0.15) is 0 Å². The molecule has 1 aromatic heterocycles. The molecule has 0 saturated carbocycles. The Morgan fingerprint density at radius 2 is 2.12 bits per heavy atom. The topological polar surface area (TPSA) is 62.1 Å². The number of nitrogens with zero attached hydrogens (tertiary/aromatic N) is 2. The minimum atomic E-state index is 0.120. The molecule has 0 unspecified atom stereocenters. The van der Waals surface area contributed by atoms with Gasteiger partial charge in [-0.3, -0.25) is 4.79 Å². The molecule has 3 rings (SSSR count). The van der Waals surface area contributed by atoms with Crippen LogP contribution in [0.1, 0.15) is 49.9 Å². The number of hydrogen-bond acceptors (Lipinski definition) is 4. The van der Waals surface area contributed by atoms with E-state index >= 15 is 0 Å². The molecule has 2 aromatic rings. The summed E-state index contributed by atoms with van der Waals surface area (Å²) in [6.07, 6.45) is 4.48. The molecule has 1 aliphatic heterocycles. The number of benzene rings is 1. The fourth-order valence-electron chi connectivity index (χ4n) is 3.33. The number of aromatic nitrogens is 2. The molecule has 0 bridgehead atoms. The lowest BCUT2D eigenvalue weighted by Gasteiger charge is -2.37. The van der Waals surface area contributed by atoms with Gasteiger partial charge in [-0.1, -0.05) is 13.8 Å². The smallest absolute Gasteiger partial charge is 0.284 e. The van der Waals surface area contributed by atoms with Crippen molar-refractivity contribution >= 4 is 18.1 Å². The highest BCUT2D eigenvalue weighted by molar-refractivity contribution is 7.71. The molecule has 6 heteroatoms. The van der Waals surface area contributed by atoms with Crippen molar-refractivity contribution in [3.8, 4) is 11.5 Å². The molecular formula is C18H23N3O2S. The summed E-state index contributed by atoms with van der Waals surface area (Å²) < 4.78 is 5.30. The van der Waals surface area contributed by atoms with Crippen molar-refractivity contribution < 1.29 is 9.21 Å². The molecule has 0 aliphatic carbocycles. The molecule has 2 heterocycles. The van der Waals surface area contributed by atoms with Gasteiger partial charge in [-0.25, -0.2) is 5.10 Å². The van der Waals surface area contributed by atoms with Gasteiger partial charge in [0.05, 0.1) is 0 Å². The second kappa shape index (κ2) is 7.30. The van der Waals surface area contributed by atoms with Crippen LogP contribution in [0.4, 0.5) is 0 Å². The highest BCUT2D eigenvalue weighted by Crippen LogP contribution is 2.25. The van der Waals surface area contributed by atoms with Crippen LogP contribution in [-0.4, -0.2) is 33.6 Å². The summed E-state index contributed by atoms with van der Waals surface area (Å²) in [7, 11) is 0. The monoisotopic (exact) mass is 345 g/mol. The Bertz CT molecular complexity index is 748. The number of H-pyrrole nitrogens is 1. The Balaban J connectivity index is 1.77. The molecule has 1 atom stereocenters. The maximum atomic E-state index is 12.9. The second-order valence-electron chi connectivity index (χ2n) is 6.77. The SMILES string of the molecule is CC(C)C[C@@H]1CCCCN1C(=O)c1ccc(-c2n[nH]c(=S)o2)cc1. The molecule has 5 nitrogen and oxygen atoms in total. The summed E-state index contributed by atoms with van der Waals surface area (Å²) >= 11 is 4.89. The highest BCUT2D eigenvalue weighted by atomic mass is 32.1. The van der Waals surface area contributed by atoms with E-state index in [0.717, 1.165) is 31.4 Å². The molecule has 128 valence electrons. The Morgan fingerprint density at radius 3 is 2.75 bits per heavy atom. The van der Waals surface area contributed by atoms with Gasteiger partial charge < -0.3 is 9.32 Å². The van der Waals surface area contributed by atoms with Crippen molar-refractivity contribution in [2.75, 3.05) is 6.54 Å².